The molecular formula is C10H14O4. The highest BCUT2D eigenvalue weighted by molar-refractivity contribution is 6.01. The smallest absolute Gasteiger partial charge is 0.314 e. The van der Waals surface area contributed by atoms with Crippen LogP contribution in [0.2, 0.25) is 0 Å². The number of Topliss-reactive ketones (excluding diaryl/α,β-unsaturated/α-hetero) is 2. The Morgan fingerprint density at radius 1 is 1.36 bits per heavy atom. The maximum atomic E-state index is 11.5. The quantitative estimate of drug-likeness (QED) is 0.681. The van der Waals surface area contributed by atoms with E-state index in [1.165, 1.54) is 0 Å². The Hall–Kier alpha value is -1.19. The lowest BCUT2D eigenvalue weighted by molar-refractivity contribution is -0.152. The van der Waals surface area contributed by atoms with Crippen molar-refractivity contribution in [1.82, 2.24) is 0 Å². The van der Waals surface area contributed by atoms with Crippen LogP contribution in [0.15, 0.2) is 0 Å². The molecule has 0 spiro atoms. The summed E-state index contributed by atoms with van der Waals surface area (Å²) in [4.78, 5) is 33.1. The Labute approximate surface area is 82.3 Å². The zero-order chi connectivity index (χ0) is 10.9. The standard InChI is InChI=1S/C10H14O4/c1-5(2)9(12)8(10(13)14)6-3-7(11)4-6/h5-6,8H,3-4H2,1-2H3,(H,13,14). The molecule has 0 radical (unpaired) electrons. The number of carbonyl (C=O) groups excluding carboxylic acids is 2. The van der Waals surface area contributed by atoms with E-state index in [0.29, 0.717) is 0 Å². The summed E-state index contributed by atoms with van der Waals surface area (Å²) in [5, 5.41) is 8.88. The van der Waals surface area contributed by atoms with Crippen LogP contribution in [0.4, 0.5) is 0 Å². The summed E-state index contributed by atoms with van der Waals surface area (Å²) in [6, 6.07) is 0. The Kier molecular flexibility index (Phi) is 3.03. The minimum Gasteiger partial charge on any atom is -0.481 e. The highest BCUT2D eigenvalue weighted by Gasteiger charge is 2.42. The van der Waals surface area contributed by atoms with Gasteiger partial charge in [0.15, 0.2) is 0 Å². The molecule has 1 atom stereocenters. The fraction of sp³-hybridized carbons (Fsp3) is 0.700. The summed E-state index contributed by atoms with van der Waals surface area (Å²) >= 11 is 0. The molecule has 78 valence electrons. The number of hydrogen-bond donors (Lipinski definition) is 1. The zero-order valence-corrected chi connectivity index (χ0v) is 8.32. The average molecular weight is 198 g/mol. The minimum absolute atomic E-state index is 0.0535. The van der Waals surface area contributed by atoms with Crippen LogP contribution >= 0.6 is 0 Å². The van der Waals surface area contributed by atoms with E-state index < -0.39 is 11.9 Å². The summed E-state index contributed by atoms with van der Waals surface area (Å²) in [5.74, 6) is -2.84. The van der Waals surface area contributed by atoms with E-state index in [0.717, 1.165) is 0 Å². The molecule has 0 heterocycles. The van der Waals surface area contributed by atoms with E-state index >= 15 is 0 Å². The van der Waals surface area contributed by atoms with Gasteiger partial charge in [-0.3, -0.25) is 14.4 Å². The summed E-state index contributed by atoms with van der Waals surface area (Å²) in [6.45, 7) is 3.36. The van der Waals surface area contributed by atoms with Crippen molar-refractivity contribution >= 4 is 17.5 Å². The van der Waals surface area contributed by atoms with E-state index in [-0.39, 0.29) is 36.2 Å². The number of hydrogen-bond acceptors (Lipinski definition) is 3. The number of aliphatic carboxylic acids is 1. The molecule has 0 aliphatic heterocycles. The van der Waals surface area contributed by atoms with Gasteiger partial charge in [0, 0.05) is 18.8 Å². The second kappa shape index (κ2) is 3.90. The molecule has 1 aliphatic rings. The van der Waals surface area contributed by atoms with E-state index in [1.807, 2.05) is 0 Å². The topological polar surface area (TPSA) is 71.4 Å². The van der Waals surface area contributed by atoms with Gasteiger partial charge in [0.25, 0.3) is 0 Å². The number of ketones is 2. The third-order valence-corrected chi connectivity index (χ3v) is 2.59. The fourth-order valence-electron chi connectivity index (χ4n) is 1.68. The van der Waals surface area contributed by atoms with Gasteiger partial charge in [0.2, 0.25) is 0 Å². The van der Waals surface area contributed by atoms with Crippen molar-refractivity contribution in [1.29, 1.82) is 0 Å². The lowest BCUT2D eigenvalue weighted by atomic mass is 9.71. The van der Waals surface area contributed by atoms with Crippen molar-refractivity contribution < 1.29 is 19.5 Å². The van der Waals surface area contributed by atoms with Crippen molar-refractivity contribution in [3.05, 3.63) is 0 Å². The van der Waals surface area contributed by atoms with Crippen molar-refractivity contribution in [2.45, 2.75) is 26.7 Å². The van der Waals surface area contributed by atoms with Crippen LogP contribution in [-0.4, -0.2) is 22.6 Å². The second-order valence-corrected chi connectivity index (χ2v) is 4.08. The molecule has 1 fully saturated rings. The van der Waals surface area contributed by atoms with Gasteiger partial charge in [0.1, 0.15) is 17.5 Å². The molecule has 0 bridgehead atoms. The number of carboxylic acids is 1. The van der Waals surface area contributed by atoms with Crippen LogP contribution in [0, 0.1) is 17.8 Å². The predicted octanol–water partition coefficient (Wildman–Crippen LogP) is 0.891. The van der Waals surface area contributed by atoms with Gasteiger partial charge in [-0.1, -0.05) is 13.8 Å². The van der Waals surface area contributed by atoms with Crippen LogP contribution in [0.1, 0.15) is 26.7 Å². The first-order chi connectivity index (χ1) is 6.43. The van der Waals surface area contributed by atoms with Gasteiger partial charge in [-0.15, -0.1) is 0 Å². The Bertz CT molecular complexity index is 272. The average Bonchev–Trinajstić information content (AvgIpc) is 2.00. The highest BCUT2D eigenvalue weighted by atomic mass is 16.4. The minimum atomic E-state index is -1.10. The van der Waals surface area contributed by atoms with Gasteiger partial charge in [-0.25, -0.2) is 0 Å². The highest BCUT2D eigenvalue weighted by Crippen LogP contribution is 2.32. The third-order valence-electron chi connectivity index (χ3n) is 2.59. The number of rotatable bonds is 4. The molecule has 1 rings (SSSR count). The van der Waals surface area contributed by atoms with Crippen molar-refractivity contribution in [2.75, 3.05) is 0 Å². The van der Waals surface area contributed by atoms with Crippen LogP contribution < -0.4 is 0 Å². The fourth-order valence-corrected chi connectivity index (χ4v) is 1.68. The normalized spacial score (nSPS) is 19.2. The van der Waals surface area contributed by atoms with Crippen molar-refractivity contribution in [3.63, 3.8) is 0 Å². The Balaban J connectivity index is 2.70. The molecule has 0 aromatic rings. The molecule has 1 unspecified atom stereocenters. The summed E-state index contributed by atoms with van der Waals surface area (Å²) in [6.07, 6.45) is 0.491. The Morgan fingerprint density at radius 3 is 2.14 bits per heavy atom. The molecule has 14 heavy (non-hydrogen) atoms. The van der Waals surface area contributed by atoms with Crippen LogP contribution in [0.25, 0.3) is 0 Å². The van der Waals surface area contributed by atoms with Gasteiger partial charge >= 0.3 is 5.97 Å². The lowest BCUT2D eigenvalue weighted by Crippen LogP contribution is -2.40. The second-order valence-electron chi connectivity index (χ2n) is 4.08. The number of carbonyl (C=O) groups is 3. The van der Waals surface area contributed by atoms with Gasteiger partial charge in [0.05, 0.1) is 0 Å². The third kappa shape index (κ3) is 2.00. The molecule has 1 saturated carbocycles. The first-order valence-corrected chi connectivity index (χ1v) is 4.71. The molecule has 1 aliphatic carbocycles. The molecule has 0 aromatic carbocycles. The van der Waals surface area contributed by atoms with E-state index in [4.69, 9.17) is 5.11 Å². The summed E-state index contributed by atoms with van der Waals surface area (Å²) in [5.41, 5.74) is 0. The first kappa shape index (κ1) is 10.9. The zero-order valence-electron chi connectivity index (χ0n) is 8.32. The lowest BCUT2D eigenvalue weighted by Gasteiger charge is -2.29. The van der Waals surface area contributed by atoms with Crippen LogP contribution in [-0.2, 0) is 14.4 Å². The maximum Gasteiger partial charge on any atom is 0.314 e. The maximum absolute atomic E-state index is 11.5. The van der Waals surface area contributed by atoms with Crippen LogP contribution in [0.3, 0.4) is 0 Å². The van der Waals surface area contributed by atoms with E-state index in [1.54, 1.807) is 13.8 Å². The Morgan fingerprint density at radius 2 is 1.86 bits per heavy atom. The predicted molar refractivity (Wildman–Crippen MR) is 48.7 cm³/mol. The summed E-state index contributed by atoms with van der Waals surface area (Å²) < 4.78 is 0. The van der Waals surface area contributed by atoms with Crippen LogP contribution in [0.5, 0.6) is 0 Å². The van der Waals surface area contributed by atoms with Crippen molar-refractivity contribution in [2.24, 2.45) is 17.8 Å². The molecule has 1 N–H and O–H groups in total. The SMILES string of the molecule is CC(C)C(=O)C(C(=O)O)C1CC(=O)C1. The first-order valence-electron chi connectivity index (χ1n) is 4.71. The van der Waals surface area contributed by atoms with E-state index in [2.05, 4.69) is 0 Å². The molecule has 0 aromatic heterocycles. The monoisotopic (exact) mass is 198 g/mol. The largest absolute Gasteiger partial charge is 0.481 e. The molecule has 4 nitrogen and oxygen atoms in total. The molecule has 0 amide bonds. The summed E-state index contributed by atoms with van der Waals surface area (Å²) in [7, 11) is 0. The molecule has 4 heteroatoms. The van der Waals surface area contributed by atoms with E-state index in [9.17, 15) is 14.4 Å². The molecule has 0 saturated heterocycles. The van der Waals surface area contributed by atoms with Gasteiger partial charge < -0.3 is 5.11 Å². The van der Waals surface area contributed by atoms with Gasteiger partial charge in [-0.05, 0) is 5.92 Å². The van der Waals surface area contributed by atoms with Crippen molar-refractivity contribution in [3.8, 4) is 0 Å². The molecular weight excluding hydrogens is 184 g/mol. The van der Waals surface area contributed by atoms with Gasteiger partial charge in [-0.2, -0.15) is 0 Å². The number of carboxylic acid groups (broad SMARTS) is 1.